The van der Waals surface area contributed by atoms with Gasteiger partial charge in [0.1, 0.15) is 24.8 Å². The van der Waals surface area contributed by atoms with Crippen LogP contribution in [-0.4, -0.2) is 78.1 Å². The second-order valence-corrected chi connectivity index (χ2v) is 9.15. The van der Waals surface area contributed by atoms with Gasteiger partial charge in [0.05, 0.1) is 19.0 Å². The molecule has 0 radical (unpaired) electrons. The fourth-order valence-electron chi connectivity index (χ4n) is 5.08. The van der Waals surface area contributed by atoms with Gasteiger partial charge in [-0.05, 0) is 31.2 Å². The van der Waals surface area contributed by atoms with Gasteiger partial charge in [0.25, 0.3) is 5.56 Å². The summed E-state index contributed by atoms with van der Waals surface area (Å²) in [6.07, 6.45) is 1.87. The van der Waals surface area contributed by atoms with Gasteiger partial charge in [0.2, 0.25) is 5.88 Å². The van der Waals surface area contributed by atoms with Crippen LogP contribution in [0.2, 0.25) is 0 Å². The predicted octanol–water partition coefficient (Wildman–Crippen LogP) is 1.92. The number of carbonyl (C=O) groups is 1. The number of fused-ring (bicyclic) bond motifs is 3. The Kier molecular flexibility index (Phi) is 5.84. The van der Waals surface area contributed by atoms with E-state index in [1.54, 1.807) is 15.5 Å². The Morgan fingerprint density at radius 1 is 1.06 bits per heavy atom. The van der Waals surface area contributed by atoms with Crippen LogP contribution in [0.4, 0.5) is 10.5 Å². The van der Waals surface area contributed by atoms with Crippen LogP contribution >= 0.6 is 0 Å². The van der Waals surface area contributed by atoms with Crippen LogP contribution in [0, 0.1) is 5.92 Å². The number of hydrogen-bond donors (Lipinski definition) is 0. The lowest BCUT2D eigenvalue weighted by atomic mass is 9.91. The predicted molar refractivity (Wildman–Crippen MR) is 130 cm³/mol. The third-order valence-corrected chi connectivity index (χ3v) is 7.02. The van der Waals surface area contributed by atoms with Crippen molar-refractivity contribution in [3.8, 4) is 17.4 Å². The molecule has 1 amide bonds. The zero-order valence-corrected chi connectivity index (χ0v) is 20.0. The van der Waals surface area contributed by atoms with Gasteiger partial charge in [0.15, 0.2) is 17.1 Å². The molecule has 3 aliphatic heterocycles. The zero-order valence-electron chi connectivity index (χ0n) is 20.0. The number of amides is 1. The van der Waals surface area contributed by atoms with E-state index in [0.29, 0.717) is 67.9 Å². The zero-order chi connectivity index (χ0) is 24.6. The van der Waals surface area contributed by atoms with Crippen LogP contribution in [0.5, 0.6) is 17.4 Å². The topological polar surface area (TPSA) is 108 Å². The van der Waals surface area contributed by atoms with Gasteiger partial charge in [-0.3, -0.25) is 19.2 Å². The van der Waals surface area contributed by atoms with Gasteiger partial charge in [-0.15, -0.1) is 0 Å². The Morgan fingerprint density at radius 3 is 2.78 bits per heavy atom. The molecule has 0 saturated carbocycles. The quantitative estimate of drug-likeness (QED) is 0.527. The van der Waals surface area contributed by atoms with Gasteiger partial charge < -0.3 is 18.9 Å². The lowest BCUT2D eigenvalue weighted by Gasteiger charge is -2.44. The number of rotatable bonds is 5. The molecule has 188 valence electrons. The number of piperidine rings is 1. The molecule has 0 spiro atoms. The highest BCUT2D eigenvalue weighted by Crippen LogP contribution is 2.36. The second kappa shape index (κ2) is 9.30. The summed E-state index contributed by atoms with van der Waals surface area (Å²) in [6, 6.07) is 8.71. The number of benzene rings is 1. The van der Waals surface area contributed by atoms with E-state index in [1.807, 2.05) is 18.2 Å². The second-order valence-electron chi connectivity index (χ2n) is 9.15. The highest BCUT2D eigenvalue weighted by Gasteiger charge is 2.40. The van der Waals surface area contributed by atoms with Crippen molar-refractivity contribution >= 4 is 22.9 Å². The summed E-state index contributed by atoms with van der Waals surface area (Å²) in [4.78, 5) is 38.1. The van der Waals surface area contributed by atoms with Crippen molar-refractivity contribution in [3.05, 3.63) is 46.9 Å². The van der Waals surface area contributed by atoms with Crippen molar-refractivity contribution in [2.24, 2.45) is 5.92 Å². The maximum absolute atomic E-state index is 12.9. The highest BCUT2D eigenvalue weighted by atomic mass is 16.6. The van der Waals surface area contributed by atoms with E-state index in [-0.39, 0.29) is 23.7 Å². The summed E-state index contributed by atoms with van der Waals surface area (Å²) in [7, 11) is 1.52. The monoisotopic (exact) mass is 493 g/mol. The van der Waals surface area contributed by atoms with E-state index in [0.717, 1.165) is 18.7 Å². The average molecular weight is 494 g/mol. The van der Waals surface area contributed by atoms with Crippen molar-refractivity contribution in [1.29, 1.82) is 0 Å². The molecule has 1 aromatic carbocycles. The maximum atomic E-state index is 12.9. The standard InChI is InChI=1S/C25H27N5O6/c1-33-22-13-26-18-3-5-23(31)29(24(18)27-22)9-8-28-7-6-16-14-30(25(32)36-21(16)15-28)17-2-4-19-20(12-17)35-11-10-34-19/h2-5,12-13,16,21H,6-11,14-15H2,1H3. The Hall–Kier alpha value is -3.86. The first kappa shape index (κ1) is 22.6. The third-order valence-electron chi connectivity index (χ3n) is 7.02. The minimum atomic E-state index is -0.359. The number of ether oxygens (including phenoxy) is 4. The summed E-state index contributed by atoms with van der Waals surface area (Å²) in [5.41, 5.74) is 1.74. The molecule has 2 fully saturated rings. The van der Waals surface area contributed by atoms with E-state index < -0.39 is 0 Å². The summed E-state index contributed by atoms with van der Waals surface area (Å²) in [6.45, 7) is 4.16. The van der Waals surface area contributed by atoms with E-state index in [4.69, 9.17) is 18.9 Å². The fraction of sp³-hybridized carbons (Fsp3) is 0.440. The molecule has 0 N–H and O–H groups in total. The van der Waals surface area contributed by atoms with Crippen molar-refractivity contribution in [1.82, 2.24) is 19.4 Å². The number of anilines is 1. The summed E-state index contributed by atoms with van der Waals surface area (Å²) in [5.74, 6) is 1.92. The molecule has 0 bridgehead atoms. The summed E-state index contributed by atoms with van der Waals surface area (Å²) in [5, 5.41) is 0. The Morgan fingerprint density at radius 2 is 1.92 bits per heavy atom. The van der Waals surface area contributed by atoms with E-state index in [9.17, 15) is 9.59 Å². The number of aromatic nitrogens is 3. The Labute approximate surface area is 207 Å². The molecule has 3 aliphatic rings. The van der Waals surface area contributed by atoms with Crippen LogP contribution in [0.25, 0.3) is 11.2 Å². The van der Waals surface area contributed by atoms with E-state index >= 15 is 0 Å². The van der Waals surface area contributed by atoms with Gasteiger partial charge in [0, 0.05) is 44.2 Å². The molecule has 6 rings (SSSR count). The number of likely N-dealkylation sites (tertiary alicyclic amines) is 1. The van der Waals surface area contributed by atoms with Crippen LogP contribution < -0.4 is 24.7 Å². The number of pyridine rings is 1. The molecule has 3 aromatic rings. The molecule has 11 heteroatoms. The number of hydrogen-bond acceptors (Lipinski definition) is 9. The summed E-state index contributed by atoms with van der Waals surface area (Å²) >= 11 is 0. The van der Waals surface area contributed by atoms with Gasteiger partial charge in [-0.1, -0.05) is 0 Å². The van der Waals surface area contributed by atoms with Crippen LogP contribution in [-0.2, 0) is 11.3 Å². The molecule has 2 aromatic heterocycles. The molecule has 2 unspecified atom stereocenters. The highest BCUT2D eigenvalue weighted by molar-refractivity contribution is 5.89. The lowest BCUT2D eigenvalue weighted by Crippen LogP contribution is -2.56. The first-order valence-electron chi connectivity index (χ1n) is 12.1. The van der Waals surface area contributed by atoms with Gasteiger partial charge in [-0.25, -0.2) is 9.78 Å². The number of nitrogens with zero attached hydrogens (tertiary/aromatic N) is 5. The first-order chi connectivity index (χ1) is 17.6. The summed E-state index contributed by atoms with van der Waals surface area (Å²) < 4.78 is 23.9. The first-order valence-corrected chi connectivity index (χ1v) is 12.1. The van der Waals surface area contributed by atoms with Gasteiger partial charge >= 0.3 is 6.09 Å². The van der Waals surface area contributed by atoms with Crippen LogP contribution in [0.3, 0.4) is 0 Å². The molecule has 0 aliphatic carbocycles. The molecular weight excluding hydrogens is 466 g/mol. The van der Waals surface area contributed by atoms with Crippen LogP contribution in [0.15, 0.2) is 41.3 Å². The number of carbonyl (C=O) groups excluding carboxylic acids is 1. The smallest absolute Gasteiger partial charge is 0.414 e. The Bertz CT molecular complexity index is 1360. The largest absolute Gasteiger partial charge is 0.486 e. The van der Waals surface area contributed by atoms with Crippen LogP contribution in [0.1, 0.15) is 6.42 Å². The molecule has 2 atom stereocenters. The molecular formula is C25H27N5O6. The molecule has 36 heavy (non-hydrogen) atoms. The van der Waals surface area contributed by atoms with E-state index in [2.05, 4.69) is 14.9 Å². The minimum Gasteiger partial charge on any atom is -0.486 e. The maximum Gasteiger partial charge on any atom is 0.414 e. The fourth-order valence-corrected chi connectivity index (χ4v) is 5.08. The molecule has 2 saturated heterocycles. The Balaban J connectivity index is 1.12. The normalized spacial score (nSPS) is 21.7. The van der Waals surface area contributed by atoms with Gasteiger partial charge in [-0.2, -0.15) is 4.98 Å². The minimum absolute atomic E-state index is 0.140. The number of methoxy groups -OCH3 is 1. The van der Waals surface area contributed by atoms with Crippen molar-refractivity contribution in [2.75, 3.05) is 51.4 Å². The van der Waals surface area contributed by atoms with Crippen molar-refractivity contribution in [3.63, 3.8) is 0 Å². The average Bonchev–Trinajstić information content (AvgIpc) is 2.91. The van der Waals surface area contributed by atoms with Crippen molar-refractivity contribution in [2.45, 2.75) is 19.1 Å². The van der Waals surface area contributed by atoms with Crippen molar-refractivity contribution < 1.29 is 23.7 Å². The lowest BCUT2D eigenvalue weighted by molar-refractivity contribution is -0.00758. The SMILES string of the molecule is COc1cnc2ccc(=O)n(CCN3CCC4CN(c5ccc6c(c5)OCCO6)C(=O)OC4C3)c2n1. The third kappa shape index (κ3) is 4.19. The molecule has 11 nitrogen and oxygen atoms in total. The van der Waals surface area contributed by atoms with E-state index in [1.165, 1.54) is 19.4 Å². The molecule has 5 heterocycles.